The number of hydrogen-bond acceptors (Lipinski definition) is 2. The number of carbonyl (C=O) groups is 1. The van der Waals surface area contributed by atoms with E-state index in [1.807, 2.05) is 12.1 Å². The molecular formula is C28H48O3. The number of carboxylic acids is 1. The molecule has 0 aliphatic carbocycles. The number of aliphatic carboxylic acids is 1. The van der Waals surface area contributed by atoms with Gasteiger partial charge in [0.2, 0.25) is 0 Å². The van der Waals surface area contributed by atoms with Gasteiger partial charge in [-0.15, -0.1) is 0 Å². The SMILES string of the molecule is CCCCC(CCCCCCCCCCCCCCCCc1ccc(O)cc1)C(=O)O. The Labute approximate surface area is 191 Å². The molecule has 0 spiro atoms. The van der Waals surface area contributed by atoms with E-state index in [0.29, 0.717) is 5.75 Å². The summed E-state index contributed by atoms with van der Waals surface area (Å²) in [6.07, 6.45) is 23.3. The molecule has 0 aliphatic rings. The molecule has 0 saturated carbocycles. The lowest BCUT2D eigenvalue weighted by Crippen LogP contribution is -2.13. The van der Waals surface area contributed by atoms with Crippen LogP contribution < -0.4 is 0 Å². The van der Waals surface area contributed by atoms with Gasteiger partial charge in [0.05, 0.1) is 5.92 Å². The number of aryl methyl sites for hydroxylation is 1. The topological polar surface area (TPSA) is 57.5 Å². The summed E-state index contributed by atoms with van der Waals surface area (Å²) in [6, 6.07) is 7.61. The third kappa shape index (κ3) is 15.9. The molecule has 0 radical (unpaired) electrons. The van der Waals surface area contributed by atoms with Crippen LogP contribution in [-0.4, -0.2) is 16.2 Å². The third-order valence-electron chi connectivity index (χ3n) is 6.46. The van der Waals surface area contributed by atoms with Crippen LogP contribution in [0.4, 0.5) is 0 Å². The van der Waals surface area contributed by atoms with E-state index in [-0.39, 0.29) is 5.92 Å². The van der Waals surface area contributed by atoms with Crippen molar-refractivity contribution in [1.29, 1.82) is 0 Å². The maximum Gasteiger partial charge on any atom is 0.306 e. The Balaban J connectivity index is 1.79. The van der Waals surface area contributed by atoms with Crippen molar-refractivity contribution in [2.75, 3.05) is 0 Å². The first-order valence-electron chi connectivity index (χ1n) is 13.1. The number of carboxylic acid groups (broad SMARTS) is 1. The van der Waals surface area contributed by atoms with E-state index >= 15 is 0 Å². The Morgan fingerprint density at radius 1 is 0.677 bits per heavy atom. The summed E-state index contributed by atoms with van der Waals surface area (Å²) in [5, 5.41) is 18.6. The Bertz CT molecular complexity index is 538. The van der Waals surface area contributed by atoms with Crippen LogP contribution in [0.15, 0.2) is 24.3 Å². The second kappa shape index (κ2) is 19.2. The summed E-state index contributed by atoms with van der Waals surface area (Å²) in [5.74, 6) is -0.352. The monoisotopic (exact) mass is 432 g/mol. The van der Waals surface area contributed by atoms with Gasteiger partial charge < -0.3 is 10.2 Å². The van der Waals surface area contributed by atoms with Crippen LogP contribution in [0.3, 0.4) is 0 Å². The summed E-state index contributed by atoms with van der Waals surface area (Å²) in [5.41, 5.74) is 1.33. The summed E-state index contributed by atoms with van der Waals surface area (Å²) < 4.78 is 0. The summed E-state index contributed by atoms with van der Waals surface area (Å²) in [7, 11) is 0. The highest BCUT2D eigenvalue weighted by atomic mass is 16.4. The molecule has 3 nitrogen and oxygen atoms in total. The molecule has 1 atom stereocenters. The molecule has 0 heterocycles. The molecule has 1 aromatic carbocycles. The second-order valence-corrected chi connectivity index (χ2v) is 9.33. The van der Waals surface area contributed by atoms with Crippen LogP contribution in [-0.2, 0) is 11.2 Å². The second-order valence-electron chi connectivity index (χ2n) is 9.33. The highest BCUT2D eigenvalue weighted by Gasteiger charge is 2.15. The first kappa shape index (κ1) is 27.5. The number of phenols is 1. The minimum absolute atomic E-state index is 0.112. The predicted molar refractivity (Wildman–Crippen MR) is 132 cm³/mol. The normalized spacial score (nSPS) is 12.2. The molecule has 31 heavy (non-hydrogen) atoms. The molecule has 2 N–H and O–H groups in total. The van der Waals surface area contributed by atoms with E-state index < -0.39 is 5.97 Å². The molecule has 0 amide bonds. The molecule has 0 saturated heterocycles. The van der Waals surface area contributed by atoms with Crippen LogP contribution >= 0.6 is 0 Å². The van der Waals surface area contributed by atoms with Crippen LogP contribution in [0.5, 0.6) is 5.75 Å². The fourth-order valence-electron chi connectivity index (χ4n) is 4.35. The van der Waals surface area contributed by atoms with E-state index in [4.69, 9.17) is 0 Å². The van der Waals surface area contributed by atoms with Crippen molar-refractivity contribution in [2.24, 2.45) is 5.92 Å². The predicted octanol–water partition coefficient (Wildman–Crippen LogP) is 8.68. The van der Waals surface area contributed by atoms with Crippen LogP contribution in [0.25, 0.3) is 0 Å². The maximum atomic E-state index is 11.2. The number of unbranched alkanes of at least 4 members (excludes halogenated alkanes) is 14. The first-order chi connectivity index (χ1) is 15.1. The number of aromatic hydroxyl groups is 1. The van der Waals surface area contributed by atoms with E-state index in [2.05, 4.69) is 6.92 Å². The van der Waals surface area contributed by atoms with Crippen molar-refractivity contribution in [2.45, 2.75) is 129 Å². The summed E-state index contributed by atoms with van der Waals surface area (Å²) in [6.45, 7) is 2.13. The number of hydrogen-bond donors (Lipinski definition) is 2. The smallest absolute Gasteiger partial charge is 0.306 e. The van der Waals surface area contributed by atoms with Gasteiger partial charge in [-0.05, 0) is 43.4 Å². The Hall–Kier alpha value is -1.51. The van der Waals surface area contributed by atoms with Gasteiger partial charge >= 0.3 is 5.97 Å². The van der Waals surface area contributed by atoms with Crippen molar-refractivity contribution >= 4 is 5.97 Å². The van der Waals surface area contributed by atoms with E-state index in [0.717, 1.165) is 38.5 Å². The van der Waals surface area contributed by atoms with E-state index in [1.165, 1.54) is 89.0 Å². The highest BCUT2D eigenvalue weighted by molar-refractivity contribution is 5.69. The van der Waals surface area contributed by atoms with Crippen molar-refractivity contribution < 1.29 is 15.0 Å². The van der Waals surface area contributed by atoms with Gasteiger partial charge in [0, 0.05) is 0 Å². The van der Waals surface area contributed by atoms with Crippen molar-refractivity contribution in [3.8, 4) is 5.75 Å². The quantitative estimate of drug-likeness (QED) is 0.191. The molecule has 178 valence electrons. The summed E-state index contributed by atoms with van der Waals surface area (Å²) in [4.78, 5) is 11.2. The van der Waals surface area contributed by atoms with Gasteiger partial charge in [-0.2, -0.15) is 0 Å². The average Bonchev–Trinajstić information content (AvgIpc) is 2.76. The fraction of sp³-hybridized carbons (Fsp3) is 0.750. The van der Waals surface area contributed by atoms with E-state index in [1.54, 1.807) is 12.1 Å². The largest absolute Gasteiger partial charge is 0.508 e. The average molecular weight is 433 g/mol. The minimum atomic E-state index is -0.595. The van der Waals surface area contributed by atoms with Crippen LogP contribution in [0.2, 0.25) is 0 Å². The number of benzene rings is 1. The Kier molecular flexibility index (Phi) is 17.0. The van der Waals surface area contributed by atoms with Crippen molar-refractivity contribution in [1.82, 2.24) is 0 Å². The molecule has 1 unspecified atom stereocenters. The molecular weight excluding hydrogens is 384 g/mol. The molecule has 1 aromatic rings. The van der Waals surface area contributed by atoms with Crippen molar-refractivity contribution in [3.63, 3.8) is 0 Å². The lowest BCUT2D eigenvalue weighted by Gasteiger charge is -2.11. The summed E-state index contributed by atoms with van der Waals surface area (Å²) >= 11 is 0. The standard InChI is InChI=1S/C28H48O3/c1-2-3-19-26(28(30)31)20-17-15-13-11-9-7-5-4-6-8-10-12-14-16-18-25-21-23-27(29)24-22-25/h21-24,26,29H,2-20H2,1H3,(H,30,31). The van der Waals surface area contributed by atoms with Gasteiger partial charge in [-0.1, -0.05) is 115 Å². The van der Waals surface area contributed by atoms with Gasteiger partial charge in [0.15, 0.2) is 0 Å². The zero-order chi connectivity index (χ0) is 22.6. The highest BCUT2D eigenvalue weighted by Crippen LogP contribution is 2.19. The molecule has 0 aromatic heterocycles. The minimum Gasteiger partial charge on any atom is -0.508 e. The first-order valence-corrected chi connectivity index (χ1v) is 13.1. The van der Waals surface area contributed by atoms with Crippen LogP contribution in [0, 0.1) is 5.92 Å². The Morgan fingerprint density at radius 3 is 1.55 bits per heavy atom. The maximum absolute atomic E-state index is 11.2. The van der Waals surface area contributed by atoms with Gasteiger partial charge in [-0.25, -0.2) is 0 Å². The zero-order valence-corrected chi connectivity index (χ0v) is 20.1. The van der Waals surface area contributed by atoms with Gasteiger partial charge in [0.1, 0.15) is 5.75 Å². The third-order valence-corrected chi connectivity index (χ3v) is 6.46. The molecule has 0 bridgehead atoms. The van der Waals surface area contributed by atoms with Gasteiger partial charge in [0.25, 0.3) is 0 Å². The van der Waals surface area contributed by atoms with E-state index in [9.17, 15) is 15.0 Å². The number of rotatable bonds is 21. The molecule has 3 heteroatoms. The lowest BCUT2D eigenvalue weighted by molar-refractivity contribution is -0.142. The zero-order valence-electron chi connectivity index (χ0n) is 20.1. The number of phenolic OH excluding ortho intramolecular Hbond substituents is 1. The molecule has 1 rings (SSSR count). The van der Waals surface area contributed by atoms with Crippen molar-refractivity contribution in [3.05, 3.63) is 29.8 Å². The molecule has 0 fully saturated rings. The lowest BCUT2D eigenvalue weighted by atomic mass is 9.95. The van der Waals surface area contributed by atoms with Crippen LogP contribution in [0.1, 0.15) is 128 Å². The fourth-order valence-corrected chi connectivity index (χ4v) is 4.35. The molecule has 0 aliphatic heterocycles. The van der Waals surface area contributed by atoms with Gasteiger partial charge in [-0.3, -0.25) is 4.79 Å². The Morgan fingerprint density at radius 2 is 1.10 bits per heavy atom.